The summed E-state index contributed by atoms with van der Waals surface area (Å²) in [5.41, 5.74) is 5.14. The fourth-order valence-corrected chi connectivity index (χ4v) is 4.19. The summed E-state index contributed by atoms with van der Waals surface area (Å²) in [5, 5.41) is 8.91. The van der Waals surface area contributed by atoms with E-state index >= 15 is 0 Å². The van der Waals surface area contributed by atoms with Crippen molar-refractivity contribution in [3.8, 4) is 11.1 Å². The van der Waals surface area contributed by atoms with Gasteiger partial charge in [0.05, 0.1) is 0 Å². The third kappa shape index (κ3) is 3.31. The van der Waals surface area contributed by atoms with E-state index < -0.39 is 0 Å². The number of hydrogen-bond donors (Lipinski definition) is 1. The number of halogens is 2. The second kappa shape index (κ2) is 7.39. The second-order valence-corrected chi connectivity index (χ2v) is 7.57. The average Bonchev–Trinajstić information content (AvgIpc) is 3.23. The Morgan fingerprint density at radius 3 is 2.14 bits per heavy atom. The number of rotatable bonds is 3. The Morgan fingerprint density at radius 2 is 1.41 bits per heavy atom. The third-order valence-electron chi connectivity index (χ3n) is 5.01. The van der Waals surface area contributed by atoms with Crippen molar-refractivity contribution < 1.29 is 0 Å². The molecule has 3 aromatic carbocycles. The monoisotopic (exact) mass is 418 g/mol. The maximum absolute atomic E-state index is 6.48. The first-order chi connectivity index (χ1) is 14.2. The van der Waals surface area contributed by atoms with E-state index in [4.69, 9.17) is 23.2 Å². The fourth-order valence-electron chi connectivity index (χ4n) is 3.57. The molecule has 0 unspecified atom stereocenters. The lowest BCUT2D eigenvalue weighted by molar-refractivity contribution is 0.612. The number of anilines is 1. The normalized spacial score (nSPS) is 15.4. The molecule has 0 spiro atoms. The summed E-state index contributed by atoms with van der Waals surface area (Å²) in [7, 11) is 0. The maximum atomic E-state index is 6.48. The van der Waals surface area contributed by atoms with E-state index in [9.17, 15) is 0 Å². The minimum absolute atomic E-state index is 0.251. The highest BCUT2D eigenvalue weighted by Crippen LogP contribution is 2.38. The van der Waals surface area contributed by atoms with Crippen molar-refractivity contribution in [2.75, 3.05) is 5.32 Å². The van der Waals surface area contributed by atoms with Crippen LogP contribution in [0, 0.1) is 0 Å². The summed E-state index contributed by atoms with van der Waals surface area (Å²) < 4.78 is 1.79. The van der Waals surface area contributed by atoms with Crippen molar-refractivity contribution in [2.45, 2.75) is 6.04 Å². The van der Waals surface area contributed by atoms with Crippen molar-refractivity contribution in [2.24, 2.45) is 0 Å². The lowest BCUT2D eigenvalue weighted by atomic mass is 9.99. The molecule has 6 heteroatoms. The smallest absolute Gasteiger partial charge is 0.226 e. The Labute approximate surface area is 178 Å². The van der Waals surface area contributed by atoms with Crippen LogP contribution in [0.15, 0.2) is 85.2 Å². The zero-order valence-corrected chi connectivity index (χ0v) is 16.8. The molecule has 4 aromatic rings. The van der Waals surface area contributed by atoms with Gasteiger partial charge in [0, 0.05) is 21.3 Å². The molecule has 1 N–H and O–H groups in total. The summed E-state index contributed by atoms with van der Waals surface area (Å²) in [6.07, 6.45) is 3.60. The van der Waals surface area contributed by atoms with Gasteiger partial charge in [-0.25, -0.2) is 4.68 Å². The molecular weight excluding hydrogens is 403 g/mol. The third-order valence-corrected chi connectivity index (χ3v) is 5.67. The quantitative estimate of drug-likeness (QED) is 0.423. The summed E-state index contributed by atoms with van der Waals surface area (Å²) in [5.74, 6) is 0.649. The minimum Gasteiger partial charge on any atom is -0.324 e. The van der Waals surface area contributed by atoms with Gasteiger partial charge in [-0.3, -0.25) is 0 Å². The first-order valence-corrected chi connectivity index (χ1v) is 9.94. The number of nitrogens with zero attached hydrogens (tertiary/aromatic N) is 3. The van der Waals surface area contributed by atoms with Gasteiger partial charge in [-0.2, -0.15) is 10.1 Å². The van der Waals surface area contributed by atoms with Crippen LogP contribution in [0.2, 0.25) is 10.0 Å². The van der Waals surface area contributed by atoms with E-state index in [1.165, 1.54) is 17.5 Å². The van der Waals surface area contributed by atoms with E-state index in [0.717, 1.165) is 16.8 Å². The Kier molecular flexibility index (Phi) is 4.58. The van der Waals surface area contributed by atoms with Crippen molar-refractivity contribution >= 4 is 34.8 Å². The molecule has 4 nitrogen and oxygen atoms in total. The van der Waals surface area contributed by atoms with Crippen LogP contribution in [0.25, 0.3) is 16.8 Å². The number of allylic oxidation sites excluding steroid dienone is 1. The fraction of sp³-hybridized carbons (Fsp3) is 0.0435. The number of fused-ring (bicyclic) bond motifs is 1. The molecule has 2 heterocycles. The van der Waals surface area contributed by atoms with Gasteiger partial charge >= 0.3 is 0 Å². The van der Waals surface area contributed by atoms with E-state index in [2.05, 4.69) is 57.9 Å². The number of benzene rings is 3. The van der Waals surface area contributed by atoms with Gasteiger partial charge in [-0.05, 0) is 34.9 Å². The van der Waals surface area contributed by atoms with Crippen LogP contribution in [0.5, 0.6) is 0 Å². The lowest BCUT2D eigenvalue weighted by Crippen LogP contribution is -2.20. The summed E-state index contributed by atoms with van der Waals surface area (Å²) in [6.45, 7) is 0. The molecule has 1 atom stereocenters. The molecule has 0 saturated carbocycles. The number of hydrogen-bond acceptors (Lipinski definition) is 3. The van der Waals surface area contributed by atoms with Crippen LogP contribution in [0.1, 0.15) is 17.2 Å². The number of aromatic nitrogens is 3. The standard InChI is InChI=1S/C23H16Cl2N4/c24-18-7-4-8-19(25)22(18)21-13-20(28-23-26-14-27-29(21)23)17-11-9-16(10-12-17)15-5-2-1-3-6-15/h1-14,21H,(H,26,27,28)/t21-/m1/s1. The average molecular weight is 419 g/mol. The topological polar surface area (TPSA) is 42.7 Å². The highest BCUT2D eigenvalue weighted by molar-refractivity contribution is 6.36. The largest absolute Gasteiger partial charge is 0.324 e. The second-order valence-electron chi connectivity index (χ2n) is 6.76. The molecule has 142 valence electrons. The van der Waals surface area contributed by atoms with Gasteiger partial charge in [0.2, 0.25) is 5.95 Å². The Hall–Kier alpha value is -3.08. The predicted molar refractivity (Wildman–Crippen MR) is 118 cm³/mol. The van der Waals surface area contributed by atoms with Crippen molar-refractivity contribution in [3.05, 3.63) is 106 Å². The zero-order valence-electron chi connectivity index (χ0n) is 15.3. The van der Waals surface area contributed by atoms with E-state index in [1.54, 1.807) is 4.68 Å². The molecule has 1 aliphatic rings. The zero-order chi connectivity index (χ0) is 19.8. The van der Waals surface area contributed by atoms with E-state index in [0.29, 0.717) is 16.0 Å². The Bertz CT molecular complexity index is 1180. The van der Waals surface area contributed by atoms with Gasteiger partial charge in [0.15, 0.2) is 0 Å². The molecule has 0 aliphatic carbocycles. The molecule has 0 radical (unpaired) electrons. The summed E-state index contributed by atoms with van der Waals surface area (Å²) >= 11 is 13.0. The summed E-state index contributed by atoms with van der Waals surface area (Å²) in [6, 6.07) is 24.0. The molecule has 1 aromatic heterocycles. The molecule has 0 bridgehead atoms. The first-order valence-electron chi connectivity index (χ1n) is 9.19. The maximum Gasteiger partial charge on any atom is 0.226 e. The Balaban J connectivity index is 1.56. The molecule has 0 saturated heterocycles. The van der Waals surface area contributed by atoms with Gasteiger partial charge < -0.3 is 5.32 Å². The van der Waals surface area contributed by atoms with Crippen molar-refractivity contribution in [3.63, 3.8) is 0 Å². The van der Waals surface area contributed by atoms with Gasteiger partial charge in [0.25, 0.3) is 0 Å². The molecular formula is C23H16Cl2N4. The highest BCUT2D eigenvalue weighted by atomic mass is 35.5. The molecule has 29 heavy (non-hydrogen) atoms. The molecule has 1 aliphatic heterocycles. The van der Waals surface area contributed by atoms with Crippen molar-refractivity contribution in [1.82, 2.24) is 14.8 Å². The minimum atomic E-state index is -0.251. The SMILES string of the molecule is Clc1cccc(Cl)c1[C@H]1C=C(c2ccc(-c3ccccc3)cc2)Nc2ncnn21. The van der Waals surface area contributed by atoms with Gasteiger partial charge in [-0.1, -0.05) is 83.9 Å². The van der Waals surface area contributed by atoms with E-state index in [-0.39, 0.29) is 6.04 Å². The molecule has 0 fully saturated rings. The first kappa shape index (κ1) is 18.0. The van der Waals surface area contributed by atoms with Crippen LogP contribution >= 0.6 is 23.2 Å². The lowest BCUT2D eigenvalue weighted by Gasteiger charge is -2.25. The van der Waals surface area contributed by atoms with Crippen LogP contribution in [-0.2, 0) is 0 Å². The van der Waals surface area contributed by atoms with Gasteiger partial charge in [0.1, 0.15) is 12.4 Å². The van der Waals surface area contributed by atoms with Crippen molar-refractivity contribution in [1.29, 1.82) is 0 Å². The molecule has 5 rings (SSSR count). The van der Waals surface area contributed by atoms with E-state index in [1.807, 2.05) is 36.4 Å². The van der Waals surface area contributed by atoms with Gasteiger partial charge in [-0.15, -0.1) is 0 Å². The van der Waals surface area contributed by atoms with Crippen LogP contribution in [-0.4, -0.2) is 14.8 Å². The Morgan fingerprint density at radius 1 is 0.759 bits per heavy atom. The summed E-state index contributed by atoms with van der Waals surface area (Å²) in [4.78, 5) is 4.35. The number of nitrogens with one attached hydrogen (secondary N) is 1. The van der Waals surface area contributed by atoms with Crippen LogP contribution < -0.4 is 5.32 Å². The highest BCUT2D eigenvalue weighted by Gasteiger charge is 2.26. The predicted octanol–water partition coefficient (Wildman–Crippen LogP) is 6.31. The van der Waals surface area contributed by atoms with Crippen LogP contribution in [0.4, 0.5) is 5.95 Å². The van der Waals surface area contributed by atoms with Crippen LogP contribution in [0.3, 0.4) is 0 Å². The molecule has 0 amide bonds.